The summed E-state index contributed by atoms with van der Waals surface area (Å²) in [7, 11) is 1.53. The van der Waals surface area contributed by atoms with Crippen LogP contribution in [0.15, 0.2) is 16.6 Å². The largest absolute Gasteiger partial charge is 0.467 e. The molecule has 2 rings (SSSR count). The second kappa shape index (κ2) is 6.71. The Bertz CT molecular complexity index is 624. The Kier molecular flexibility index (Phi) is 4.95. The van der Waals surface area contributed by atoms with Gasteiger partial charge in [-0.05, 0) is 44.0 Å². The molecule has 0 amide bonds. The minimum absolute atomic E-state index is 0.272. The van der Waals surface area contributed by atoms with E-state index >= 15 is 0 Å². The zero-order chi connectivity index (χ0) is 15.4. The third-order valence-electron chi connectivity index (χ3n) is 2.82. The van der Waals surface area contributed by atoms with Gasteiger partial charge >= 0.3 is 6.01 Å². The van der Waals surface area contributed by atoms with Gasteiger partial charge in [0.05, 0.1) is 7.11 Å². The SMILES string of the molecule is CCNc1nc(Nc2cc(C)c(Br)c(C)c2)nc(OC)n1. The highest BCUT2D eigenvalue weighted by atomic mass is 79.9. The van der Waals surface area contributed by atoms with Gasteiger partial charge in [-0.3, -0.25) is 0 Å². The van der Waals surface area contributed by atoms with Gasteiger partial charge in [0.2, 0.25) is 11.9 Å². The van der Waals surface area contributed by atoms with E-state index in [0.717, 1.165) is 27.8 Å². The monoisotopic (exact) mass is 351 g/mol. The van der Waals surface area contributed by atoms with Crippen LogP contribution in [0.1, 0.15) is 18.1 Å². The summed E-state index contributed by atoms with van der Waals surface area (Å²) < 4.78 is 6.20. The molecule has 0 unspecified atom stereocenters. The van der Waals surface area contributed by atoms with Crippen LogP contribution in [0.25, 0.3) is 0 Å². The summed E-state index contributed by atoms with van der Waals surface area (Å²) in [6.45, 7) is 6.79. The molecule has 0 saturated heterocycles. The van der Waals surface area contributed by atoms with E-state index in [9.17, 15) is 0 Å². The first-order chi connectivity index (χ1) is 10.0. The standard InChI is InChI=1S/C14H18BrN5O/c1-5-16-12-18-13(20-14(19-12)21-4)17-10-6-8(2)11(15)9(3)7-10/h6-7H,5H2,1-4H3,(H2,16,17,18,19,20). The van der Waals surface area contributed by atoms with Gasteiger partial charge < -0.3 is 15.4 Å². The predicted octanol–water partition coefficient (Wildman–Crippen LogP) is 3.43. The van der Waals surface area contributed by atoms with Crippen molar-refractivity contribution in [2.75, 3.05) is 24.3 Å². The number of hydrogen-bond donors (Lipinski definition) is 2. The normalized spacial score (nSPS) is 10.3. The maximum absolute atomic E-state index is 5.10. The number of ether oxygens (including phenoxy) is 1. The number of nitrogens with one attached hydrogen (secondary N) is 2. The average Bonchev–Trinajstić information content (AvgIpc) is 2.44. The summed E-state index contributed by atoms with van der Waals surface area (Å²) in [5.41, 5.74) is 3.21. The first-order valence-corrected chi connectivity index (χ1v) is 7.40. The summed E-state index contributed by atoms with van der Waals surface area (Å²) in [5.74, 6) is 0.927. The molecule has 0 aliphatic heterocycles. The fourth-order valence-corrected chi connectivity index (χ4v) is 2.12. The molecule has 2 aromatic rings. The molecule has 0 radical (unpaired) electrons. The summed E-state index contributed by atoms with van der Waals surface area (Å²) in [6.07, 6.45) is 0. The molecular formula is C14H18BrN5O. The number of aromatic nitrogens is 3. The van der Waals surface area contributed by atoms with Crippen molar-refractivity contribution in [2.24, 2.45) is 0 Å². The molecule has 21 heavy (non-hydrogen) atoms. The first kappa shape index (κ1) is 15.5. The van der Waals surface area contributed by atoms with Crippen molar-refractivity contribution in [3.63, 3.8) is 0 Å². The Morgan fingerprint density at radius 1 is 1.10 bits per heavy atom. The molecule has 0 atom stereocenters. The van der Waals surface area contributed by atoms with Crippen molar-refractivity contribution >= 4 is 33.5 Å². The molecule has 0 saturated carbocycles. The smallest absolute Gasteiger partial charge is 0.322 e. The lowest BCUT2D eigenvalue weighted by Gasteiger charge is -2.11. The predicted molar refractivity (Wildman–Crippen MR) is 87.4 cm³/mol. The van der Waals surface area contributed by atoms with E-state index in [4.69, 9.17) is 4.74 Å². The molecular weight excluding hydrogens is 334 g/mol. The van der Waals surface area contributed by atoms with Crippen molar-refractivity contribution in [2.45, 2.75) is 20.8 Å². The van der Waals surface area contributed by atoms with E-state index in [2.05, 4.69) is 41.5 Å². The molecule has 0 bridgehead atoms. The van der Waals surface area contributed by atoms with Crippen LogP contribution in [-0.4, -0.2) is 28.6 Å². The third-order valence-corrected chi connectivity index (χ3v) is 4.08. The number of nitrogens with zero attached hydrogens (tertiary/aromatic N) is 3. The van der Waals surface area contributed by atoms with E-state index in [1.165, 1.54) is 7.11 Å². The second-order valence-electron chi connectivity index (χ2n) is 4.55. The number of aryl methyl sites for hydroxylation is 2. The quantitative estimate of drug-likeness (QED) is 0.859. The number of anilines is 3. The second-order valence-corrected chi connectivity index (χ2v) is 5.34. The van der Waals surface area contributed by atoms with Gasteiger partial charge in [-0.25, -0.2) is 0 Å². The third kappa shape index (κ3) is 3.81. The summed E-state index contributed by atoms with van der Waals surface area (Å²) in [6, 6.07) is 4.33. The fourth-order valence-electron chi connectivity index (χ4n) is 1.89. The van der Waals surface area contributed by atoms with Gasteiger partial charge in [0.1, 0.15) is 0 Å². The van der Waals surface area contributed by atoms with Crippen LogP contribution in [0.5, 0.6) is 6.01 Å². The average molecular weight is 352 g/mol. The number of halogens is 1. The highest BCUT2D eigenvalue weighted by Gasteiger charge is 2.08. The lowest BCUT2D eigenvalue weighted by Crippen LogP contribution is -2.08. The molecule has 0 spiro atoms. The Labute approximate surface area is 132 Å². The zero-order valence-electron chi connectivity index (χ0n) is 12.5. The van der Waals surface area contributed by atoms with Crippen LogP contribution < -0.4 is 15.4 Å². The van der Waals surface area contributed by atoms with Crippen molar-refractivity contribution in [3.05, 3.63) is 27.7 Å². The van der Waals surface area contributed by atoms with Crippen LogP contribution in [-0.2, 0) is 0 Å². The Hall–Kier alpha value is -1.89. The highest BCUT2D eigenvalue weighted by molar-refractivity contribution is 9.10. The van der Waals surface area contributed by atoms with Crippen molar-refractivity contribution in [3.8, 4) is 6.01 Å². The van der Waals surface area contributed by atoms with Crippen LogP contribution in [0.2, 0.25) is 0 Å². The van der Waals surface area contributed by atoms with Gasteiger partial charge in [0.15, 0.2) is 0 Å². The van der Waals surface area contributed by atoms with E-state index in [1.807, 2.05) is 32.9 Å². The summed E-state index contributed by atoms with van der Waals surface area (Å²) in [4.78, 5) is 12.6. The minimum atomic E-state index is 0.272. The van der Waals surface area contributed by atoms with Crippen LogP contribution in [0.3, 0.4) is 0 Å². The molecule has 1 aromatic carbocycles. The van der Waals surface area contributed by atoms with E-state index in [1.54, 1.807) is 0 Å². The Balaban J connectivity index is 2.32. The number of rotatable bonds is 5. The van der Waals surface area contributed by atoms with Gasteiger partial charge in [-0.2, -0.15) is 15.0 Å². The van der Waals surface area contributed by atoms with Crippen molar-refractivity contribution in [1.29, 1.82) is 0 Å². The maximum Gasteiger partial charge on any atom is 0.322 e. The highest BCUT2D eigenvalue weighted by Crippen LogP contribution is 2.26. The summed E-state index contributed by atoms with van der Waals surface area (Å²) in [5, 5.41) is 6.23. The summed E-state index contributed by atoms with van der Waals surface area (Å²) >= 11 is 3.55. The molecule has 112 valence electrons. The maximum atomic E-state index is 5.10. The van der Waals surface area contributed by atoms with Gasteiger partial charge in [0.25, 0.3) is 0 Å². The molecule has 0 aliphatic carbocycles. The van der Waals surface area contributed by atoms with E-state index < -0.39 is 0 Å². The lowest BCUT2D eigenvalue weighted by molar-refractivity contribution is 0.379. The van der Waals surface area contributed by atoms with Crippen molar-refractivity contribution < 1.29 is 4.74 Å². The van der Waals surface area contributed by atoms with E-state index in [-0.39, 0.29) is 6.01 Å². The van der Waals surface area contributed by atoms with E-state index in [0.29, 0.717) is 11.9 Å². The Morgan fingerprint density at radius 2 is 1.71 bits per heavy atom. The number of benzene rings is 1. The molecule has 0 aliphatic rings. The van der Waals surface area contributed by atoms with Gasteiger partial charge in [0, 0.05) is 16.7 Å². The molecule has 7 heteroatoms. The van der Waals surface area contributed by atoms with Gasteiger partial charge in [-0.1, -0.05) is 15.9 Å². The molecule has 1 heterocycles. The molecule has 6 nitrogen and oxygen atoms in total. The number of hydrogen-bond acceptors (Lipinski definition) is 6. The molecule has 1 aromatic heterocycles. The van der Waals surface area contributed by atoms with Crippen molar-refractivity contribution in [1.82, 2.24) is 15.0 Å². The lowest BCUT2D eigenvalue weighted by atomic mass is 10.1. The molecule has 0 fully saturated rings. The molecule has 2 N–H and O–H groups in total. The first-order valence-electron chi connectivity index (χ1n) is 6.61. The Morgan fingerprint density at radius 3 is 2.29 bits per heavy atom. The minimum Gasteiger partial charge on any atom is -0.467 e. The topological polar surface area (TPSA) is 72.0 Å². The van der Waals surface area contributed by atoms with Crippen LogP contribution >= 0.6 is 15.9 Å². The van der Waals surface area contributed by atoms with Crippen LogP contribution in [0, 0.1) is 13.8 Å². The fraction of sp³-hybridized carbons (Fsp3) is 0.357. The van der Waals surface area contributed by atoms with Crippen LogP contribution in [0.4, 0.5) is 17.6 Å². The van der Waals surface area contributed by atoms with Gasteiger partial charge in [-0.15, -0.1) is 0 Å². The number of methoxy groups -OCH3 is 1. The zero-order valence-corrected chi connectivity index (χ0v) is 14.1.